The quantitative estimate of drug-likeness (QED) is 0.322. The van der Waals surface area contributed by atoms with Crippen molar-refractivity contribution >= 4 is 15.7 Å². The van der Waals surface area contributed by atoms with Crippen LogP contribution in [0.1, 0.15) is 27.7 Å². The van der Waals surface area contributed by atoms with Gasteiger partial charge in [-0.15, -0.1) is 5.54 Å². The van der Waals surface area contributed by atoms with Crippen molar-refractivity contribution in [1.29, 1.82) is 0 Å². The SMILES string of the molecule is CCOP(=O)(OCC)C(=C=C(C)C)C#C[Si](C)(C)C. The molecule has 0 aliphatic rings. The second kappa shape index (κ2) is 7.90. The van der Waals surface area contributed by atoms with Crippen molar-refractivity contribution in [2.45, 2.75) is 47.3 Å². The minimum Gasteiger partial charge on any atom is -0.305 e. The molecule has 0 aromatic rings. The maximum Gasteiger partial charge on any atom is 0.377 e. The first kappa shape index (κ1) is 18.4. The van der Waals surface area contributed by atoms with Gasteiger partial charge in [-0.1, -0.05) is 31.3 Å². The fraction of sp³-hybridized carbons (Fsp3) is 0.643. The minimum absolute atomic E-state index is 0.319. The van der Waals surface area contributed by atoms with E-state index in [9.17, 15) is 4.57 Å². The Labute approximate surface area is 118 Å². The van der Waals surface area contributed by atoms with Crippen LogP contribution in [0.5, 0.6) is 0 Å². The Morgan fingerprint density at radius 1 is 1.11 bits per heavy atom. The van der Waals surface area contributed by atoms with Gasteiger partial charge in [0.1, 0.15) is 8.07 Å². The van der Waals surface area contributed by atoms with Gasteiger partial charge in [0.05, 0.1) is 13.2 Å². The average Bonchev–Trinajstić information content (AvgIpc) is 2.23. The standard InChI is InChI=1S/C14H25O3PSi/c1-8-16-18(15,17-9-2)14(12-13(3)4)10-11-19(5,6)7/h8-9H2,1-7H3. The van der Waals surface area contributed by atoms with Gasteiger partial charge in [-0.2, -0.15) is 0 Å². The van der Waals surface area contributed by atoms with E-state index in [-0.39, 0.29) is 0 Å². The van der Waals surface area contributed by atoms with Crippen molar-refractivity contribution in [3.8, 4) is 11.5 Å². The van der Waals surface area contributed by atoms with Gasteiger partial charge in [0.2, 0.25) is 0 Å². The highest BCUT2D eigenvalue weighted by atomic mass is 31.2. The molecule has 0 heterocycles. The molecule has 0 N–H and O–H groups in total. The van der Waals surface area contributed by atoms with Crippen LogP contribution < -0.4 is 0 Å². The second-order valence-corrected chi connectivity index (χ2v) is 12.0. The van der Waals surface area contributed by atoms with Crippen LogP contribution in [0.15, 0.2) is 16.6 Å². The van der Waals surface area contributed by atoms with Crippen LogP contribution in [0.2, 0.25) is 19.6 Å². The average molecular weight is 300 g/mol. The van der Waals surface area contributed by atoms with Gasteiger partial charge in [-0.3, -0.25) is 4.57 Å². The third-order valence-electron chi connectivity index (χ3n) is 1.80. The van der Waals surface area contributed by atoms with E-state index in [1.165, 1.54) is 0 Å². The summed E-state index contributed by atoms with van der Waals surface area (Å²) in [5.41, 5.74) is 7.13. The van der Waals surface area contributed by atoms with Crippen LogP contribution in [-0.2, 0) is 13.6 Å². The molecule has 0 rings (SSSR count). The normalized spacial score (nSPS) is 11.3. The Bertz CT molecular complexity index is 457. The molecule has 0 unspecified atom stereocenters. The predicted octanol–water partition coefficient (Wildman–Crippen LogP) is 4.58. The highest BCUT2D eigenvalue weighted by Crippen LogP contribution is 2.55. The molecule has 0 radical (unpaired) electrons. The summed E-state index contributed by atoms with van der Waals surface area (Å²) in [6.45, 7) is 14.4. The van der Waals surface area contributed by atoms with Crippen molar-refractivity contribution in [2.75, 3.05) is 13.2 Å². The molecule has 108 valence electrons. The first-order valence-electron chi connectivity index (χ1n) is 6.51. The molecular formula is C14H25O3PSi. The van der Waals surface area contributed by atoms with Gasteiger partial charge in [-0.25, -0.2) is 0 Å². The molecule has 5 heteroatoms. The highest BCUT2D eigenvalue weighted by molar-refractivity contribution is 7.58. The van der Waals surface area contributed by atoms with Crippen molar-refractivity contribution in [3.05, 3.63) is 16.6 Å². The molecule has 0 aromatic carbocycles. The number of rotatable bonds is 5. The zero-order chi connectivity index (χ0) is 15.1. The van der Waals surface area contributed by atoms with Crippen LogP contribution in [0.25, 0.3) is 0 Å². The lowest BCUT2D eigenvalue weighted by atomic mass is 10.4. The Morgan fingerprint density at radius 2 is 1.58 bits per heavy atom. The van der Waals surface area contributed by atoms with Crippen LogP contribution in [0.3, 0.4) is 0 Å². The summed E-state index contributed by atoms with van der Waals surface area (Å²) in [5, 5.41) is 0.346. The fourth-order valence-electron chi connectivity index (χ4n) is 1.16. The molecule has 3 nitrogen and oxygen atoms in total. The number of allylic oxidation sites excluding steroid dienone is 1. The third kappa shape index (κ3) is 7.57. The van der Waals surface area contributed by atoms with Gasteiger partial charge in [0.15, 0.2) is 5.31 Å². The molecule has 0 saturated carbocycles. The summed E-state index contributed by atoms with van der Waals surface area (Å²) in [6.07, 6.45) is 0. The Morgan fingerprint density at radius 3 is 1.89 bits per heavy atom. The molecule has 0 aromatic heterocycles. The summed E-state index contributed by atoms with van der Waals surface area (Å²) < 4.78 is 23.4. The first-order chi connectivity index (χ1) is 8.64. The van der Waals surface area contributed by atoms with Gasteiger partial charge < -0.3 is 9.05 Å². The van der Waals surface area contributed by atoms with E-state index in [4.69, 9.17) is 9.05 Å². The summed E-state index contributed by atoms with van der Waals surface area (Å²) in [5.74, 6) is 2.98. The maximum atomic E-state index is 12.7. The third-order valence-corrected chi connectivity index (χ3v) is 4.64. The predicted molar refractivity (Wildman–Crippen MR) is 83.9 cm³/mol. The van der Waals surface area contributed by atoms with Gasteiger partial charge >= 0.3 is 7.60 Å². The topological polar surface area (TPSA) is 35.5 Å². The number of hydrogen-bond donors (Lipinski definition) is 0. The van der Waals surface area contributed by atoms with Gasteiger partial charge in [-0.05, 0) is 33.3 Å². The van der Waals surface area contributed by atoms with E-state index in [1.807, 2.05) is 13.8 Å². The van der Waals surface area contributed by atoms with Crippen molar-refractivity contribution in [3.63, 3.8) is 0 Å². The highest BCUT2D eigenvalue weighted by Gasteiger charge is 2.29. The molecule has 0 atom stereocenters. The first-order valence-corrected chi connectivity index (χ1v) is 11.6. The van der Waals surface area contributed by atoms with Crippen molar-refractivity contribution in [1.82, 2.24) is 0 Å². The minimum atomic E-state index is -3.34. The zero-order valence-corrected chi connectivity index (χ0v) is 15.0. The Balaban J connectivity index is 5.79. The van der Waals surface area contributed by atoms with Gasteiger partial charge in [0.25, 0.3) is 0 Å². The van der Waals surface area contributed by atoms with Crippen LogP contribution >= 0.6 is 7.60 Å². The van der Waals surface area contributed by atoms with Crippen molar-refractivity contribution in [2.24, 2.45) is 0 Å². The van der Waals surface area contributed by atoms with E-state index < -0.39 is 15.7 Å². The molecule has 0 fully saturated rings. The Kier molecular flexibility index (Phi) is 7.67. The fourth-order valence-corrected chi connectivity index (χ4v) is 3.33. The van der Waals surface area contributed by atoms with Crippen LogP contribution in [-0.4, -0.2) is 21.3 Å². The molecule has 0 aliphatic carbocycles. The van der Waals surface area contributed by atoms with E-state index in [2.05, 4.69) is 36.8 Å². The lowest BCUT2D eigenvalue weighted by molar-refractivity contribution is 0.227. The summed E-state index contributed by atoms with van der Waals surface area (Å²) in [6, 6.07) is 0. The largest absolute Gasteiger partial charge is 0.377 e. The molecule has 19 heavy (non-hydrogen) atoms. The summed E-state index contributed by atoms with van der Waals surface area (Å²) in [4.78, 5) is 0. The molecule has 0 amide bonds. The molecule has 0 aliphatic heterocycles. The molecule has 0 saturated heterocycles. The van der Waals surface area contributed by atoms with Crippen LogP contribution in [0, 0.1) is 11.5 Å². The van der Waals surface area contributed by atoms with Gasteiger partial charge in [0, 0.05) is 0 Å². The molecular weight excluding hydrogens is 275 g/mol. The second-order valence-electron chi connectivity index (χ2n) is 5.31. The lowest BCUT2D eigenvalue weighted by Crippen LogP contribution is -2.16. The Hall–Kier alpha value is -0.553. The number of hydrogen-bond acceptors (Lipinski definition) is 3. The summed E-state index contributed by atoms with van der Waals surface area (Å²) >= 11 is 0. The lowest BCUT2D eigenvalue weighted by Gasteiger charge is -2.15. The smallest absolute Gasteiger partial charge is 0.305 e. The van der Waals surface area contributed by atoms with Crippen molar-refractivity contribution < 1.29 is 13.6 Å². The van der Waals surface area contributed by atoms with E-state index in [0.29, 0.717) is 18.5 Å². The summed E-state index contributed by atoms with van der Waals surface area (Å²) in [7, 11) is -4.90. The molecule has 0 spiro atoms. The zero-order valence-electron chi connectivity index (χ0n) is 13.1. The van der Waals surface area contributed by atoms with Crippen LogP contribution in [0.4, 0.5) is 0 Å². The van der Waals surface area contributed by atoms with E-state index >= 15 is 0 Å². The maximum absolute atomic E-state index is 12.7. The molecule has 0 bridgehead atoms. The monoisotopic (exact) mass is 300 g/mol. The van der Waals surface area contributed by atoms with E-state index in [0.717, 1.165) is 5.57 Å². The van der Waals surface area contributed by atoms with E-state index in [1.54, 1.807) is 13.8 Å².